The first-order valence-corrected chi connectivity index (χ1v) is 5.17. The maximum Gasteiger partial charge on any atom is 0.130 e. The van der Waals surface area contributed by atoms with Gasteiger partial charge in [-0.2, -0.15) is 0 Å². The van der Waals surface area contributed by atoms with Crippen LogP contribution in [0.15, 0.2) is 22.7 Å². The summed E-state index contributed by atoms with van der Waals surface area (Å²) < 4.78 is 13.7. The second-order valence-electron chi connectivity index (χ2n) is 3.05. The molecule has 0 bridgehead atoms. The summed E-state index contributed by atoms with van der Waals surface area (Å²) >= 11 is 9.06. The van der Waals surface area contributed by atoms with E-state index < -0.39 is 0 Å². The summed E-state index contributed by atoms with van der Waals surface area (Å²) in [4.78, 5) is 4.13. The van der Waals surface area contributed by atoms with Crippen molar-refractivity contribution in [3.05, 3.63) is 39.2 Å². The standard InChI is InChI=1S/C10H6BrClFN/c1-5-2-9(12)14-10-7(5)3-6(13)4-8(10)11/h2-4H,1H3. The number of hydrogen-bond donors (Lipinski definition) is 0. The number of fused-ring (bicyclic) bond motifs is 1. The van der Waals surface area contributed by atoms with Gasteiger partial charge in [-0.25, -0.2) is 9.37 Å². The molecule has 0 aliphatic carbocycles. The maximum absolute atomic E-state index is 13.1. The summed E-state index contributed by atoms with van der Waals surface area (Å²) in [6.45, 7) is 1.88. The lowest BCUT2D eigenvalue weighted by molar-refractivity contribution is 0.628. The minimum absolute atomic E-state index is 0.281. The first-order chi connectivity index (χ1) is 6.58. The van der Waals surface area contributed by atoms with E-state index in [0.29, 0.717) is 15.1 Å². The van der Waals surface area contributed by atoms with Crippen LogP contribution in [0.1, 0.15) is 5.56 Å². The van der Waals surface area contributed by atoms with Crippen LogP contribution in [0.3, 0.4) is 0 Å². The van der Waals surface area contributed by atoms with Crippen LogP contribution >= 0.6 is 27.5 Å². The number of nitrogens with zero attached hydrogens (tertiary/aromatic N) is 1. The van der Waals surface area contributed by atoms with Crippen LogP contribution in [-0.4, -0.2) is 4.98 Å². The van der Waals surface area contributed by atoms with Gasteiger partial charge >= 0.3 is 0 Å². The van der Waals surface area contributed by atoms with Crippen molar-refractivity contribution in [3.63, 3.8) is 0 Å². The normalized spacial score (nSPS) is 10.9. The van der Waals surface area contributed by atoms with E-state index >= 15 is 0 Å². The Morgan fingerprint density at radius 1 is 1.36 bits per heavy atom. The van der Waals surface area contributed by atoms with Gasteiger partial charge in [0.1, 0.15) is 11.0 Å². The fourth-order valence-electron chi connectivity index (χ4n) is 1.38. The highest BCUT2D eigenvalue weighted by atomic mass is 79.9. The SMILES string of the molecule is Cc1cc(Cl)nc2c(Br)cc(F)cc12. The predicted octanol–water partition coefficient (Wildman–Crippen LogP) is 4.10. The lowest BCUT2D eigenvalue weighted by Gasteiger charge is -2.04. The van der Waals surface area contributed by atoms with Crippen molar-refractivity contribution in [2.24, 2.45) is 0 Å². The van der Waals surface area contributed by atoms with Crippen molar-refractivity contribution < 1.29 is 4.39 Å². The molecular formula is C10H6BrClFN. The zero-order chi connectivity index (χ0) is 10.3. The van der Waals surface area contributed by atoms with Crippen molar-refractivity contribution in [1.29, 1.82) is 0 Å². The van der Waals surface area contributed by atoms with Gasteiger partial charge in [0.25, 0.3) is 0 Å². The highest BCUT2D eigenvalue weighted by Gasteiger charge is 2.06. The third-order valence-electron chi connectivity index (χ3n) is 2.01. The molecule has 0 saturated heterocycles. The Morgan fingerprint density at radius 3 is 2.79 bits per heavy atom. The minimum Gasteiger partial charge on any atom is -0.235 e. The summed E-state index contributed by atoms with van der Waals surface area (Å²) in [5, 5.41) is 1.20. The van der Waals surface area contributed by atoms with Crippen LogP contribution in [-0.2, 0) is 0 Å². The molecule has 2 aromatic rings. The summed E-state index contributed by atoms with van der Waals surface area (Å²) in [5.74, 6) is -0.281. The second kappa shape index (κ2) is 3.48. The van der Waals surface area contributed by atoms with E-state index in [-0.39, 0.29) is 5.82 Å². The van der Waals surface area contributed by atoms with Gasteiger partial charge in [0.2, 0.25) is 0 Å². The van der Waals surface area contributed by atoms with E-state index in [1.807, 2.05) is 6.92 Å². The molecule has 0 aliphatic heterocycles. The van der Waals surface area contributed by atoms with Gasteiger partial charge in [-0.1, -0.05) is 11.6 Å². The van der Waals surface area contributed by atoms with E-state index in [0.717, 1.165) is 10.9 Å². The highest BCUT2D eigenvalue weighted by Crippen LogP contribution is 2.27. The number of pyridine rings is 1. The van der Waals surface area contributed by atoms with E-state index in [1.165, 1.54) is 12.1 Å². The van der Waals surface area contributed by atoms with Gasteiger partial charge in [-0.05, 0) is 46.6 Å². The summed E-state index contributed by atoms with van der Waals surface area (Å²) in [5.41, 5.74) is 1.61. The van der Waals surface area contributed by atoms with Gasteiger partial charge in [-0.3, -0.25) is 0 Å². The number of aryl methyl sites for hydroxylation is 1. The van der Waals surface area contributed by atoms with Crippen molar-refractivity contribution in [3.8, 4) is 0 Å². The molecule has 0 N–H and O–H groups in total. The number of hydrogen-bond acceptors (Lipinski definition) is 1. The molecule has 0 fully saturated rings. The van der Waals surface area contributed by atoms with Gasteiger partial charge in [0.15, 0.2) is 0 Å². The Kier molecular flexibility index (Phi) is 2.45. The first-order valence-electron chi connectivity index (χ1n) is 4.00. The van der Waals surface area contributed by atoms with Gasteiger partial charge in [-0.15, -0.1) is 0 Å². The van der Waals surface area contributed by atoms with E-state index in [2.05, 4.69) is 20.9 Å². The lowest BCUT2D eigenvalue weighted by atomic mass is 10.1. The fraction of sp³-hybridized carbons (Fsp3) is 0.100. The number of benzene rings is 1. The summed E-state index contributed by atoms with van der Waals surface area (Å²) in [7, 11) is 0. The molecule has 14 heavy (non-hydrogen) atoms. The Bertz CT molecular complexity index is 466. The fourth-order valence-corrected chi connectivity index (χ4v) is 2.14. The monoisotopic (exact) mass is 273 g/mol. The molecular weight excluding hydrogens is 268 g/mol. The van der Waals surface area contributed by atoms with Crippen molar-refractivity contribution in [2.45, 2.75) is 6.92 Å². The molecule has 0 saturated carbocycles. The Hall–Kier alpha value is -0.670. The smallest absolute Gasteiger partial charge is 0.130 e. The summed E-state index contributed by atoms with van der Waals surface area (Å²) in [6, 6.07) is 4.56. The Morgan fingerprint density at radius 2 is 2.07 bits per heavy atom. The molecule has 2 rings (SSSR count). The number of aromatic nitrogens is 1. The van der Waals surface area contributed by atoms with E-state index in [9.17, 15) is 4.39 Å². The topological polar surface area (TPSA) is 12.9 Å². The predicted molar refractivity (Wildman–Crippen MR) is 59.1 cm³/mol. The third-order valence-corrected chi connectivity index (χ3v) is 2.81. The molecule has 72 valence electrons. The largest absolute Gasteiger partial charge is 0.235 e. The molecule has 0 radical (unpaired) electrons. The average Bonchev–Trinajstić information content (AvgIpc) is 2.07. The van der Waals surface area contributed by atoms with Gasteiger partial charge in [0.05, 0.1) is 5.52 Å². The first kappa shape index (κ1) is 9.87. The molecule has 0 amide bonds. The van der Waals surface area contributed by atoms with Crippen LogP contribution in [0.25, 0.3) is 10.9 Å². The second-order valence-corrected chi connectivity index (χ2v) is 4.29. The maximum atomic E-state index is 13.1. The number of halogens is 3. The van der Waals surface area contributed by atoms with Gasteiger partial charge < -0.3 is 0 Å². The van der Waals surface area contributed by atoms with Gasteiger partial charge in [0, 0.05) is 9.86 Å². The third kappa shape index (κ3) is 1.62. The zero-order valence-electron chi connectivity index (χ0n) is 7.31. The Balaban J connectivity index is 2.94. The molecule has 0 spiro atoms. The zero-order valence-corrected chi connectivity index (χ0v) is 9.66. The van der Waals surface area contributed by atoms with Crippen molar-refractivity contribution in [2.75, 3.05) is 0 Å². The quantitative estimate of drug-likeness (QED) is 0.659. The van der Waals surface area contributed by atoms with Crippen LogP contribution < -0.4 is 0 Å². The van der Waals surface area contributed by atoms with Crippen LogP contribution in [0.2, 0.25) is 5.15 Å². The Labute approximate surface area is 94.0 Å². The minimum atomic E-state index is -0.281. The molecule has 1 nitrogen and oxygen atoms in total. The number of rotatable bonds is 0. The molecule has 0 atom stereocenters. The molecule has 1 aromatic heterocycles. The lowest BCUT2D eigenvalue weighted by Crippen LogP contribution is -1.87. The molecule has 0 unspecified atom stereocenters. The highest BCUT2D eigenvalue weighted by molar-refractivity contribution is 9.10. The van der Waals surface area contributed by atoms with Crippen LogP contribution in [0, 0.1) is 12.7 Å². The van der Waals surface area contributed by atoms with Crippen LogP contribution in [0.4, 0.5) is 4.39 Å². The molecule has 4 heteroatoms. The average molecular weight is 275 g/mol. The van der Waals surface area contributed by atoms with Crippen molar-refractivity contribution in [1.82, 2.24) is 4.98 Å². The molecule has 0 aliphatic rings. The van der Waals surface area contributed by atoms with E-state index in [1.54, 1.807) is 6.07 Å². The van der Waals surface area contributed by atoms with Crippen LogP contribution in [0.5, 0.6) is 0 Å². The summed E-state index contributed by atoms with van der Waals surface area (Å²) in [6.07, 6.45) is 0. The molecule has 1 aromatic carbocycles. The van der Waals surface area contributed by atoms with E-state index in [4.69, 9.17) is 11.6 Å². The van der Waals surface area contributed by atoms with Crippen molar-refractivity contribution >= 4 is 38.4 Å². The molecule has 1 heterocycles.